The van der Waals surface area contributed by atoms with Crippen LogP contribution in [0.2, 0.25) is 0 Å². The van der Waals surface area contributed by atoms with Gasteiger partial charge in [-0.05, 0) is 45.8 Å². The fourth-order valence-corrected chi connectivity index (χ4v) is 1.76. The molecule has 0 atom stereocenters. The Morgan fingerprint density at radius 2 is 1.82 bits per heavy atom. The molecule has 0 N–H and O–H groups in total. The Hall–Kier alpha value is -1.26. The van der Waals surface area contributed by atoms with Crippen molar-refractivity contribution in [3.8, 4) is 5.75 Å². The summed E-state index contributed by atoms with van der Waals surface area (Å²) in [5.74, 6) is 1.66. The number of hydrogen-bond acceptors (Lipinski definition) is 3. The molecule has 90 valence electrons. The minimum absolute atomic E-state index is 0.470. The van der Waals surface area contributed by atoms with Crippen LogP contribution in [0.1, 0.15) is 11.3 Å². The molecule has 1 aromatic carbocycles. The van der Waals surface area contributed by atoms with Gasteiger partial charge in [0.2, 0.25) is 0 Å². The van der Waals surface area contributed by atoms with Crippen molar-refractivity contribution < 1.29 is 13.9 Å². The summed E-state index contributed by atoms with van der Waals surface area (Å²) in [7, 11) is 1.65. The van der Waals surface area contributed by atoms with Gasteiger partial charge in [0.05, 0.1) is 13.7 Å². The zero-order valence-electron chi connectivity index (χ0n) is 9.48. The molecule has 0 aliphatic heterocycles. The maximum absolute atomic E-state index is 5.54. The molecule has 0 fully saturated rings. The number of rotatable bonds is 5. The zero-order valence-corrected chi connectivity index (χ0v) is 11.1. The van der Waals surface area contributed by atoms with Crippen LogP contribution >= 0.6 is 15.9 Å². The van der Waals surface area contributed by atoms with Crippen LogP contribution in [-0.4, -0.2) is 7.11 Å². The van der Waals surface area contributed by atoms with E-state index in [1.54, 1.807) is 7.11 Å². The lowest BCUT2D eigenvalue weighted by Crippen LogP contribution is -1.93. The van der Waals surface area contributed by atoms with Gasteiger partial charge in [-0.2, -0.15) is 0 Å². The third kappa shape index (κ3) is 3.61. The number of benzene rings is 1. The first-order valence-electron chi connectivity index (χ1n) is 5.23. The quantitative estimate of drug-likeness (QED) is 0.842. The van der Waals surface area contributed by atoms with E-state index in [0.29, 0.717) is 13.2 Å². The minimum atomic E-state index is 0.470. The van der Waals surface area contributed by atoms with Gasteiger partial charge in [-0.3, -0.25) is 0 Å². The van der Waals surface area contributed by atoms with Gasteiger partial charge in [-0.15, -0.1) is 0 Å². The summed E-state index contributed by atoms with van der Waals surface area (Å²) in [5.41, 5.74) is 1.11. The molecule has 1 heterocycles. The van der Waals surface area contributed by atoms with Crippen LogP contribution < -0.4 is 4.74 Å². The number of hydrogen-bond donors (Lipinski definition) is 0. The lowest BCUT2D eigenvalue weighted by molar-refractivity contribution is 0.0923. The number of halogens is 1. The lowest BCUT2D eigenvalue weighted by atomic mass is 10.2. The number of furan rings is 1. The van der Waals surface area contributed by atoms with E-state index in [-0.39, 0.29) is 0 Å². The van der Waals surface area contributed by atoms with Crippen LogP contribution in [0.3, 0.4) is 0 Å². The highest BCUT2D eigenvalue weighted by atomic mass is 79.9. The van der Waals surface area contributed by atoms with E-state index in [1.165, 1.54) is 0 Å². The normalized spacial score (nSPS) is 10.5. The molecule has 0 aliphatic rings. The fraction of sp³-hybridized carbons (Fsp3) is 0.231. The second-order valence-electron chi connectivity index (χ2n) is 3.55. The highest BCUT2D eigenvalue weighted by Crippen LogP contribution is 2.16. The molecule has 0 saturated heterocycles. The molecule has 2 aromatic rings. The van der Waals surface area contributed by atoms with Crippen molar-refractivity contribution in [1.82, 2.24) is 0 Å². The second-order valence-corrected chi connectivity index (χ2v) is 4.33. The van der Waals surface area contributed by atoms with Crippen LogP contribution in [0.4, 0.5) is 0 Å². The summed E-state index contributed by atoms with van der Waals surface area (Å²) in [6, 6.07) is 11.5. The van der Waals surface area contributed by atoms with Crippen LogP contribution in [0.15, 0.2) is 45.5 Å². The molecule has 1 aromatic heterocycles. The van der Waals surface area contributed by atoms with Crippen molar-refractivity contribution >= 4 is 15.9 Å². The van der Waals surface area contributed by atoms with E-state index in [9.17, 15) is 0 Å². The summed E-state index contributed by atoms with van der Waals surface area (Å²) >= 11 is 3.25. The van der Waals surface area contributed by atoms with Gasteiger partial charge in [0.25, 0.3) is 0 Å². The summed E-state index contributed by atoms with van der Waals surface area (Å²) in [6.07, 6.45) is 0. The van der Waals surface area contributed by atoms with E-state index in [1.807, 2.05) is 36.4 Å². The molecular formula is C13H13BrO3. The summed E-state index contributed by atoms with van der Waals surface area (Å²) in [6.45, 7) is 1.03. The topological polar surface area (TPSA) is 31.6 Å². The summed E-state index contributed by atoms with van der Waals surface area (Å²) in [4.78, 5) is 0. The monoisotopic (exact) mass is 296 g/mol. The van der Waals surface area contributed by atoms with Crippen molar-refractivity contribution in [2.45, 2.75) is 13.2 Å². The molecule has 0 bridgehead atoms. The Balaban J connectivity index is 1.81. The largest absolute Gasteiger partial charge is 0.497 e. The SMILES string of the molecule is COc1ccc(COCc2ccc(Br)o2)cc1. The van der Waals surface area contributed by atoms with Gasteiger partial charge in [0.15, 0.2) is 4.67 Å². The molecule has 0 radical (unpaired) electrons. The summed E-state index contributed by atoms with van der Waals surface area (Å²) < 4.78 is 16.7. The molecular weight excluding hydrogens is 284 g/mol. The van der Waals surface area contributed by atoms with Crippen molar-refractivity contribution in [1.29, 1.82) is 0 Å². The molecule has 17 heavy (non-hydrogen) atoms. The molecule has 0 spiro atoms. The van der Waals surface area contributed by atoms with Gasteiger partial charge in [-0.1, -0.05) is 12.1 Å². The van der Waals surface area contributed by atoms with Crippen molar-refractivity contribution in [2.75, 3.05) is 7.11 Å². The molecule has 0 saturated carbocycles. The lowest BCUT2D eigenvalue weighted by Gasteiger charge is -2.04. The molecule has 4 heteroatoms. The predicted octanol–water partition coefficient (Wildman–Crippen LogP) is 3.77. The van der Waals surface area contributed by atoms with E-state index in [4.69, 9.17) is 13.9 Å². The third-order valence-corrected chi connectivity index (χ3v) is 2.73. The smallest absolute Gasteiger partial charge is 0.169 e. The highest BCUT2D eigenvalue weighted by Gasteiger charge is 2.00. The first kappa shape index (κ1) is 12.2. The van der Waals surface area contributed by atoms with Crippen LogP contribution in [-0.2, 0) is 18.0 Å². The Labute approximate surface area is 108 Å². The predicted molar refractivity (Wildman–Crippen MR) is 67.9 cm³/mol. The first-order valence-corrected chi connectivity index (χ1v) is 6.02. The third-order valence-electron chi connectivity index (χ3n) is 2.30. The van der Waals surface area contributed by atoms with Gasteiger partial charge in [0, 0.05) is 0 Å². The Kier molecular flexibility index (Phi) is 4.23. The maximum atomic E-state index is 5.54. The average Bonchev–Trinajstić information content (AvgIpc) is 2.76. The second kappa shape index (κ2) is 5.89. The van der Waals surface area contributed by atoms with E-state index >= 15 is 0 Å². The molecule has 0 amide bonds. The zero-order chi connectivity index (χ0) is 12.1. The summed E-state index contributed by atoms with van der Waals surface area (Å²) in [5, 5.41) is 0. The number of ether oxygens (including phenoxy) is 2. The van der Waals surface area contributed by atoms with Gasteiger partial charge >= 0.3 is 0 Å². The fourth-order valence-electron chi connectivity index (χ4n) is 1.42. The van der Waals surface area contributed by atoms with E-state index in [0.717, 1.165) is 21.7 Å². The Morgan fingerprint density at radius 3 is 2.41 bits per heavy atom. The standard InChI is InChI=1S/C13H13BrO3/c1-15-11-4-2-10(3-5-11)8-16-9-12-6-7-13(14)17-12/h2-7H,8-9H2,1H3. The maximum Gasteiger partial charge on any atom is 0.169 e. The van der Waals surface area contributed by atoms with Crippen molar-refractivity contribution in [3.63, 3.8) is 0 Å². The molecule has 0 aliphatic carbocycles. The number of methoxy groups -OCH3 is 1. The Bertz CT molecular complexity index is 462. The highest BCUT2D eigenvalue weighted by molar-refractivity contribution is 9.10. The molecule has 2 rings (SSSR count). The van der Waals surface area contributed by atoms with Gasteiger partial charge in [-0.25, -0.2) is 0 Å². The van der Waals surface area contributed by atoms with Crippen LogP contribution in [0.25, 0.3) is 0 Å². The van der Waals surface area contributed by atoms with Crippen LogP contribution in [0.5, 0.6) is 5.75 Å². The van der Waals surface area contributed by atoms with Gasteiger partial charge < -0.3 is 13.9 Å². The molecule has 3 nitrogen and oxygen atoms in total. The first-order chi connectivity index (χ1) is 8.28. The van der Waals surface area contributed by atoms with Gasteiger partial charge in [0.1, 0.15) is 18.1 Å². The van der Waals surface area contributed by atoms with Crippen molar-refractivity contribution in [3.05, 3.63) is 52.4 Å². The molecule has 0 unspecified atom stereocenters. The minimum Gasteiger partial charge on any atom is -0.497 e. The Morgan fingerprint density at radius 1 is 1.06 bits per heavy atom. The average molecular weight is 297 g/mol. The van der Waals surface area contributed by atoms with Crippen LogP contribution in [0, 0.1) is 0 Å². The van der Waals surface area contributed by atoms with E-state index in [2.05, 4.69) is 15.9 Å². The van der Waals surface area contributed by atoms with Crippen molar-refractivity contribution in [2.24, 2.45) is 0 Å². The van der Waals surface area contributed by atoms with E-state index < -0.39 is 0 Å².